The van der Waals surface area contributed by atoms with E-state index >= 15 is 0 Å². The molecule has 2 nitrogen and oxygen atoms in total. The molecular formula is C10H15NOS. The van der Waals surface area contributed by atoms with E-state index in [-0.39, 0.29) is 0 Å². The van der Waals surface area contributed by atoms with Crippen LogP contribution in [0.15, 0.2) is 29.2 Å². The van der Waals surface area contributed by atoms with E-state index in [4.69, 9.17) is 0 Å². The van der Waals surface area contributed by atoms with Crippen molar-refractivity contribution in [2.45, 2.75) is 11.8 Å². The predicted molar refractivity (Wildman–Crippen MR) is 58.4 cm³/mol. The Bertz CT molecular complexity index is 376. The van der Waals surface area contributed by atoms with Gasteiger partial charge in [0.15, 0.2) is 0 Å². The summed E-state index contributed by atoms with van der Waals surface area (Å²) < 4.78 is 13.7. The van der Waals surface area contributed by atoms with Crippen molar-refractivity contribution in [1.29, 1.82) is 0 Å². The zero-order valence-electron chi connectivity index (χ0n) is 8.28. The Morgan fingerprint density at radius 1 is 1.23 bits per heavy atom. The fraction of sp³-hybridized carbons (Fsp3) is 0.300. The molecule has 0 fully saturated rings. The Morgan fingerprint density at radius 2 is 1.69 bits per heavy atom. The summed E-state index contributed by atoms with van der Waals surface area (Å²) in [6, 6.07) is 7.63. The molecule has 13 heavy (non-hydrogen) atoms. The van der Waals surface area contributed by atoms with E-state index in [0.29, 0.717) is 0 Å². The van der Waals surface area contributed by atoms with Gasteiger partial charge in [-0.05, 0) is 39.0 Å². The predicted octanol–water partition coefficient (Wildman–Crippen LogP) is 1.55. The van der Waals surface area contributed by atoms with Crippen LogP contribution in [0.3, 0.4) is 0 Å². The van der Waals surface area contributed by atoms with Gasteiger partial charge in [-0.25, -0.2) is 8.51 Å². The first-order chi connectivity index (χ1) is 5.94. The smallest absolute Gasteiger partial charge is 0.0553 e. The molecule has 1 unspecified atom stereocenters. The molecule has 0 aliphatic rings. The van der Waals surface area contributed by atoms with E-state index in [2.05, 4.69) is 5.87 Å². The third kappa shape index (κ3) is 2.11. The lowest BCUT2D eigenvalue weighted by molar-refractivity contribution is 0.599. The number of rotatable bonds is 2. The van der Waals surface area contributed by atoms with Gasteiger partial charge in [0.2, 0.25) is 0 Å². The maximum absolute atomic E-state index is 12.0. The van der Waals surface area contributed by atoms with E-state index in [1.165, 1.54) is 0 Å². The van der Waals surface area contributed by atoms with Gasteiger partial charge in [-0.1, -0.05) is 17.7 Å². The molecule has 1 atom stereocenters. The molecule has 72 valence electrons. The first-order valence-corrected chi connectivity index (χ1v) is 5.74. The van der Waals surface area contributed by atoms with Crippen LogP contribution in [0.5, 0.6) is 0 Å². The lowest BCUT2D eigenvalue weighted by Gasteiger charge is -2.16. The third-order valence-electron chi connectivity index (χ3n) is 1.98. The second-order valence-electron chi connectivity index (χ2n) is 3.27. The molecule has 0 aliphatic carbocycles. The van der Waals surface area contributed by atoms with Gasteiger partial charge in [0, 0.05) is 4.90 Å². The number of aryl methyl sites for hydroxylation is 1. The van der Waals surface area contributed by atoms with Crippen LogP contribution in [0, 0.1) is 6.92 Å². The number of nitrogens with zero attached hydrogens (tertiary/aromatic N) is 1. The summed E-state index contributed by atoms with van der Waals surface area (Å²) in [5.41, 5.74) is 1.16. The highest BCUT2D eigenvalue weighted by Crippen LogP contribution is 2.13. The van der Waals surface area contributed by atoms with Crippen molar-refractivity contribution in [1.82, 2.24) is 4.31 Å². The lowest BCUT2D eigenvalue weighted by Crippen LogP contribution is -2.21. The van der Waals surface area contributed by atoms with Crippen molar-refractivity contribution in [3.63, 3.8) is 0 Å². The molecule has 3 heteroatoms. The maximum Gasteiger partial charge on any atom is 0.0553 e. The minimum absolute atomic E-state index is 0.781. The first-order valence-electron chi connectivity index (χ1n) is 4.06. The Morgan fingerprint density at radius 3 is 2.08 bits per heavy atom. The van der Waals surface area contributed by atoms with Crippen LogP contribution in [0.4, 0.5) is 0 Å². The van der Waals surface area contributed by atoms with E-state index < -0.39 is 9.71 Å². The van der Waals surface area contributed by atoms with Crippen LogP contribution >= 0.6 is 0 Å². The highest BCUT2D eigenvalue weighted by molar-refractivity contribution is 7.98. The first kappa shape index (κ1) is 10.3. The van der Waals surface area contributed by atoms with Crippen LogP contribution in [-0.4, -0.2) is 28.5 Å². The number of hydrogen-bond donors (Lipinski definition) is 0. The van der Waals surface area contributed by atoms with E-state index in [9.17, 15) is 4.21 Å². The van der Waals surface area contributed by atoms with Gasteiger partial charge in [-0.2, -0.15) is 0 Å². The quantitative estimate of drug-likeness (QED) is 0.659. The summed E-state index contributed by atoms with van der Waals surface area (Å²) in [4.78, 5) is 0.781. The van der Waals surface area contributed by atoms with Crippen molar-refractivity contribution in [3.8, 4) is 0 Å². The van der Waals surface area contributed by atoms with Gasteiger partial charge in [-0.15, -0.1) is 0 Å². The van der Waals surface area contributed by atoms with Crippen LogP contribution in [-0.2, 0) is 9.71 Å². The van der Waals surface area contributed by atoms with Crippen molar-refractivity contribution in [3.05, 3.63) is 29.8 Å². The normalized spacial score (nSPS) is 15.7. The van der Waals surface area contributed by atoms with Gasteiger partial charge in [0.25, 0.3) is 0 Å². The van der Waals surface area contributed by atoms with E-state index in [1.807, 2.05) is 31.2 Å². The third-order valence-corrected chi connectivity index (χ3v) is 4.17. The highest BCUT2D eigenvalue weighted by atomic mass is 32.2. The molecule has 1 aromatic carbocycles. The van der Waals surface area contributed by atoms with Gasteiger partial charge in [0.1, 0.15) is 0 Å². The summed E-state index contributed by atoms with van der Waals surface area (Å²) in [5.74, 6) is 3.72. The van der Waals surface area contributed by atoms with Crippen molar-refractivity contribution >= 4 is 15.6 Å². The second kappa shape index (κ2) is 3.52. The van der Waals surface area contributed by atoms with Crippen molar-refractivity contribution < 1.29 is 4.21 Å². The zero-order valence-corrected chi connectivity index (χ0v) is 9.10. The molecular weight excluding hydrogens is 182 g/mol. The molecule has 1 aromatic rings. The minimum Gasteiger partial charge on any atom is -0.248 e. The number of hydrogen-bond acceptors (Lipinski definition) is 1. The molecule has 0 saturated carbocycles. The maximum atomic E-state index is 12.0. The average molecular weight is 197 g/mol. The molecule has 0 N–H and O–H groups in total. The van der Waals surface area contributed by atoms with Crippen molar-refractivity contribution in [2.24, 2.45) is 0 Å². The summed E-state index contributed by atoms with van der Waals surface area (Å²) in [7, 11) is 1.29. The molecule has 0 amide bonds. The molecule has 0 aromatic heterocycles. The lowest BCUT2D eigenvalue weighted by atomic mass is 10.2. The number of benzene rings is 1. The minimum atomic E-state index is -2.26. The molecule has 1 rings (SSSR count). The van der Waals surface area contributed by atoms with Crippen LogP contribution in [0.1, 0.15) is 5.56 Å². The summed E-state index contributed by atoms with van der Waals surface area (Å²) in [5, 5.41) is 0. The standard InChI is InChI=1S/C10H15NOS/c1-9-5-7-10(8-6-9)13(4,12)11(2)3/h5-8H,4H2,1-3H3. The summed E-state index contributed by atoms with van der Waals surface area (Å²) in [6.07, 6.45) is 0. The Hall–Kier alpha value is -0.800. The Kier molecular flexibility index (Phi) is 2.78. The molecule has 0 bridgehead atoms. The van der Waals surface area contributed by atoms with Gasteiger partial charge in [0.05, 0.1) is 9.71 Å². The van der Waals surface area contributed by atoms with Gasteiger partial charge >= 0.3 is 0 Å². The van der Waals surface area contributed by atoms with Gasteiger partial charge in [-0.3, -0.25) is 0 Å². The molecule has 0 radical (unpaired) electrons. The van der Waals surface area contributed by atoms with Crippen LogP contribution in [0.2, 0.25) is 0 Å². The Balaban J connectivity index is 3.17. The second-order valence-corrected chi connectivity index (χ2v) is 5.75. The fourth-order valence-corrected chi connectivity index (χ4v) is 1.94. The monoisotopic (exact) mass is 197 g/mol. The SMILES string of the molecule is C=S(=O)(c1ccc(C)cc1)N(C)C. The molecule has 0 saturated heterocycles. The van der Waals surface area contributed by atoms with Gasteiger partial charge < -0.3 is 0 Å². The molecule has 0 aliphatic heterocycles. The Labute approximate surface area is 80.3 Å². The average Bonchev–Trinajstić information content (AvgIpc) is 2.04. The summed E-state index contributed by atoms with van der Waals surface area (Å²) >= 11 is 0. The topological polar surface area (TPSA) is 20.3 Å². The van der Waals surface area contributed by atoms with E-state index in [0.717, 1.165) is 10.5 Å². The fourth-order valence-electron chi connectivity index (χ4n) is 0.962. The van der Waals surface area contributed by atoms with Crippen molar-refractivity contribution in [2.75, 3.05) is 14.1 Å². The highest BCUT2D eigenvalue weighted by Gasteiger charge is 2.08. The van der Waals surface area contributed by atoms with Crippen LogP contribution < -0.4 is 0 Å². The summed E-state index contributed by atoms with van der Waals surface area (Å²) in [6.45, 7) is 2.00. The molecule has 0 spiro atoms. The van der Waals surface area contributed by atoms with E-state index in [1.54, 1.807) is 18.4 Å². The molecule has 0 heterocycles. The van der Waals surface area contributed by atoms with Crippen LogP contribution in [0.25, 0.3) is 0 Å². The zero-order chi connectivity index (χ0) is 10.1. The largest absolute Gasteiger partial charge is 0.248 e.